The number of benzene rings is 1. The van der Waals surface area contributed by atoms with Gasteiger partial charge in [-0.15, -0.1) is 0 Å². The van der Waals surface area contributed by atoms with Crippen LogP contribution in [0.2, 0.25) is 0 Å². The van der Waals surface area contributed by atoms with E-state index in [9.17, 15) is 9.18 Å². The number of nitrogens with zero attached hydrogens (tertiary/aromatic N) is 1. The smallest absolute Gasteiger partial charge is 0.307 e. The summed E-state index contributed by atoms with van der Waals surface area (Å²) in [5.41, 5.74) is 1.24. The Morgan fingerprint density at radius 2 is 2.00 bits per heavy atom. The van der Waals surface area contributed by atoms with Crippen LogP contribution < -0.4 is 5.32 Å². The predicted octanol–water partition coefficient (Wildman–Crippen LogP) is 3.35. The van der Waals surface area contributed by atoms with Gasteiger partial charge in [-0.2, -0.15) is 0 Å². The van der Waals surface area contributed by atoms with Gasteiger partial charge in [-0.25, -0.2) is 9.18 Å². The molecule has 0 aliphatic heterocycles. The van der Waals surface area contributed by atoms with E-state index in [-0.39, 0.29) is 11.8 Å². The van der Waals surface area contributed by atoms with Crippen LogP contribution in [0.3, 0.4) is 0 Å². The highest BCUT2D eigenvalue weighted by atomic mass is 19.1. The zero-order valence-electron chi connectivity index (χ0n) is 9.06. The van der Waals surface area contributed by atoms with E-state index in [4.69, 9.17) is 0 Å². The SMILES string of the molecule is C=Cc1cccn1C(=O)Nc1ccc(F)cc1. The van der Waals surface area contributed by atoms with Crippen molar-refractivity contribution in [3.63, 3.8) is 0 Å². The van der Waals surface area contributed by atoms with E-state index in [1.807, 2.05) is 0 Å². The number of carbonyl (C=O) groups excluding carboxylic acids is 1. The van der Waals surface area contributed by atoms with E-state index < -0.39 is 0 Å². The van der Waals surface area contributed by atoms with Gasteiger partial charge in [-0.3, -0.25) is 4.57 Å². The van der Waals surface area contributed by atoms with Crippen LogP contribution in [-0.4, -0.2) is 10.6 Å². The van der Waals surface area contributed by atoms with Crippen molar-refractivity contribution in [1.82, 2.24) is 4.57 Å². The van der Waals surface area contributed by atoms with E-state index >= 15 is 0 Å². The molecule has 4 heteroatoms. The zero-order valence-corrected chi connectivity index (χ0v) is 9.06. The van der Waals surface area contributed by atoms with Gasteiger partial charge in [-0.1, -0.05) is 6.58 Å². The highest BCUT2D eigenvalue weighted by molar-refractivity contribution is 5.92. The van der Waals surface area contributed by atoms with Crippen LogP contribution in [0.15, 0.2) is 49.2 Å². The van der Waals surface area contributed by atoms with Crippen molar-refractivity contribution in [3.8, 4) is 0 Å². The van der Waals surface area contributed by atoms with Crippen molar-refractivity contribution >= 4 is 17.8 Å². The fraction of sp³-hybridized carbons (Fsp3) is 0. The molecule has 1 amide bonds. The molecule has 17 heavy (non-hydrogen) atoms. The van der Waals surface area contributed by atoms with Crippen molar-refractivity contribution in [1.29, 1.82) is 0 Å². The summed E-state index contributed by atoms with van der Waals surface area (Å²) in [4.78, 5) is 11.9. The minimum Gasteiger partial charge on any atom is -0.307 e. The summed E-state index contributed by atoms with van der Waals surface area (Å²) in [6, 6.07) is 8.81. The Labute approximate surface area is 98.2 Å². The van der Waals surface area contributed by atoms with Crippen molar-refractivity contribution in [3.05, 3.63) is 60.7 Å². The number of amides is 1. The van der Waals surface area contributed by atoms with E-state index in [0.29, 0.717) is 11.4 Å². The average molecular weight is 230 g/mol. The summed E-state index contributed by atoms with van der Waals surface area (Å²) < 4.78 is 14.1. The second kappa shape index (κ2) is 4.65. The first-order valence-electron chi connectivity index (χ1n) is 5.07. The predicted molar refractivity (Wildman–Crippen MR) is 65.3 cm³/mol. The normalized spacial score (nSPS) is 9.94. The van der Waals surface area contributed by atoms with Crippen molar-refractivity contribution in [2.75, 3.05) is 5.32 Å². The molecule has 2 rings (SSSR count). The van der Waals surface area contributed by atoms with Gasteiger partial charge in [0.1, 0.15) is 5.82 Å². The Kier molecular flexibility index (Phi) is 3.05. The molecule has 0 saturated heterocycles. The molecule has 3 nitrogen and oxygen atoms in total. The van der Waals surface area contributed by atoms with Gasteiger partial charge in [0.25, 0.3) is 0 Å². The molecule has 0 radical (unpaired) electrons. The molecule has 0 aliphatic rings. The second-order valence-corrected chi connectivity index (χ2v) is 3.44. The maximum absolute atomic E-state index is 12.7. The summed E-state index contributed by atoms with van der Waals surface area (Å²) in [5.74, 6) is -0.337. The van der Waals surface area contributed by atoms with Crippen LogP contribution in [-0.2, 0) is 0 Å². The van der Waals surface area contributed by atoms with Gasteiger partial charge in [-0.05, 0) is 42.5 Å². The summed E-state index contributed by atoms with van der Waals surface area (Å²) in [6.07, 6.45) is 3.22. The van der Waals surface area contributed by atoms with Gasteiger partial charge >= 0.3 is 6.03 Å². The maximum atomic E-state index is 12.7. The minimum atomic E-state index is -0.337. The molecular weight excluding hydrogens is 219 g/mol. The molecule has 0 bridgehead atoms. The topological polar surface area (TPSA) is 34.0 Å². The first-order chi connectivity index (χ1) is 8.20. The number of hydrogen-bond donors (Lipinski definition) is 1. The average Bonchev–Trinajstić information content (AvgIpc) is 2.80. The number of rotatable bonds is 2. The molecular formula is C13H11FN2O. The van der Waals surface area contributed by atoms with Crippen molar-refractivity contribution < 1.29 is 9.18 Å². The third-order valence-electron chi connectivity index (χ3n) is 2.30. The number of anilines is 1. The lowest BCUT2D eigenvalue weighted by molar-refractivity contribution is 0.253. The summed E-state index contributed by atoms with van der Waals surface area (Å²) in [5, 5.41) is 2.66. The second-order valence-electron chi connectivity index (χ2n) is 3.44. The van der Waals surface area contributed by atoms with Crippen LogP contribution >= 0.6 is 0 Å². The highest BCUT2D eigenvalue weighted by Crippen LogP contribution is 2.10. The highest BCUT2D eigenvalue weighted by Gasteiger charge is 2.07. The van der Waals surface area contributed by atoms with Crippen LogP contribution in [0, 0.1) is 5.82 Å². The Hall–Kier alpha value is -2.36. The molecule has 2 aromatic rings. The van der Waals surface area contributed by atoms with Crippen LogP contribution in [0.4, 0.5) is 14.9 Å². The zero-order chi connectivity index (χ0) is 12.3. The third-order valence-corrected chi connectivity index (χ3v) is 2.30. The quantitative estimate of drug-likeness (QED) is 0.843. The molecule has 1 N–H and O–H groups in total. The molecule has 0 saturated carbocycles. The fourth-order valence-electron chi connectivity index (χ4n) is 1.46. The molecule has 0 atom stereocenters. The number of nitrogens with one attached hydrogen (secondary N) is 1. The van der Waals surface area contributed by atoms with Gasteiger partial charge < -0.3 is 5.32 Å². The van der Waals surface area contributed by atoms with Gasteiger partial charge in [0, 0.05) is 17.6 Å². The van der Waals surface area contributed by atoms with E-state index in [0.717, 1.165) is 0 Å². The lowest BCUT2D eigenvalue weighted by atomic mass is 10.3. The molecule has 1 aromatic carbocycles. The lowest BCUT2D eigenvalue weighted by Gasteiger charge is -2.07. The van der Waals surface area contributed by atoms with Gasteiger partial charge in [0.05, 0.1) is 0 Å². The Balaban J connectivity index is 2.17. The van der Waals surface area contributed by atoms with Crippen molar-refractivity contribution in [2.24, 2.45) is 0 Å². The first-order valence-corrected chi connectivity index (χ1v) is 5.07. The molecule has 0 spiro atoms. The molecule has 1 aromatic heterocycles. The number of carbonyl (C=O) groups is 1. The third kappa shape index (κ3) is 2.42. The molecule has 86 valence electrons. The molecule has 0 unspecified atom stereocenters. The number of halogens is 1. The van der Waals surface area contributed by atoms with Crippen LogP contribution in [0.1, 0.15) is 5.69 Å². The van der Waals surface area contributed by atoms with Crippen molar-refractivity contribution in [2.45, 2.75) is 0 Å². The standard InChI is InChI=1S/C13H11FN2O/c1-2-12-4-3-9-16(12)13(17)15-11-7-5-10(14)6-8-11/h2-9H,1H2,(H,15,17). The molecule has 0 fully saturated rings. The van der Waals surface area contributed by atoms with Crippen LogP contribution in [0.25, 0.3) is 6.08 Å². The summed E-state index contributed by atoms with van der Waals surface area (Å²) in [6.45, 7) is 3.61. The largest absolute Gasteiger partial charge is 0.330 e. The Bertz CT molecular complexity index is 543. The Morgan fingerprint density at radius 1 is 1.29 bits per heavy atom. The minimum absolute atomic E-state index is 0.309. The van der Waals surface area contributed by atoms with E-state index in [2.05, 4.69) is 11.9 Å². The van der Waals surface area contributed by atoms with Gasteiger partial charge in [0.15, 0.2) is 0 Å². The monoisotopic (exact) mass is 230 g/mol. The van der Waals surface area contributed by atoms with E-state index in [1.54, 1.807) is 24.4 Å². The first kappa shape index (κ1) is 11.1. The number of aromatic nitrogens is 1. The van der Waals surface area contributed by atoms with E-state index in [1.165, 1.54) is 28.8 Å². The van der Waals surface area contributed by atoms with Crippen LogP contribution in [0.5, 0.6) is 0 Å². The Morgan fingerprint density at radius 3 is 2.65 bits per heavy atom. The number of hydrogen-bond acceptors (Lipinski definition) is 1. The van der Waals surface area contributed by atoms with Gasteiger partial charge in [0.2, 0.25) is 0 Å². The molecule has 0 aliphatic carbocycles. The fourth-order valence-corrected chi connectivity index (χ4v) is 1.46. The maximum Gasteiger partial charge on any atom is 0.330 e. The lowest BCUT2D eigenvalue weighted by Crippen LogP contribution is -2.19. The summed E-state index contributed by atoms with van der Waals surface area (Å²) >= 11 is 0. The summed E-state index contributed by atoms with van der Waals surface area (Å²) in [7, 11) is 0. The molecule has 1 heterocycles.